The molecule has 1 amide bonds. The molecule has 3 N–H and O–H groups in total. The second-order valence-electron chi connectivity index (χ2n) is 5.51. The van der Waals surface area contributed by atoms with Crippen molar-refractivity contribution in [3.63, 3.8) is 0 Å². The van der Waals surface area contributed by atoms with Crippen molar-refractivity contribution in [2.24, 2.45) is 0 Å². The molecule has 1 aromatic carbocycles. The summed E-state index contributed by atoms with van der Waals surface area (Å²) < 4.78 is 10.5. The van der Waals surface area contributed by atoms with Gasteiger partial charge in [-0.3, -0.25) is 10.1 Å². The lowest BCUT2D eigenvalue weighted by Crippen LogP contribution is -2.30. The minimum Gasteiger partial charge on any atom is -0.494 e. The second-order valence-corrected chi connectivity index (χ2v) is 5.51. The average molecular weight is 351 g/mol. The Labute approximate surface area is 150 Å². The van der Waals surface area contributed by atoms with Crippen LogP contribution in [0.3, 0.4) is 0 Å². The van der Waals surface area contributed by atoms with Crippen LogP contribution in [-0.4, -0.2) is 25.6 Å². The average Bonchev–Trinajstić information content (AvgIpc) is 3.19. The van der Waals surface area contributed by atoms with Crippen molar-refractivity contribution in [1.29, 1.82) is 5.26 Å². The molecule has 0 bridgehead atoms. The Morgan fingerprint density at radius 2 is 2.19 bits per heavy atom. The Kier molecular flexibility index (Phi) is 5.34. The molecule has 0 spiro atoms. The second kappa shape index (κ2) is 8.03. The SMILES string of the molecule is CCOc1ccc2[nH+]c(NCCNC(=O)c3ccco3)c(C#N)cc2c1. The van der Waals surface area contributed by atoms with E-state index >= 15 is 0 Å². The minimum absolute atomic E-state index is 0.269. The zero-order chi connectivity index (χ0) is 18.4. The number of hydrogen-bond acceptors (Lipinski definition) is 5. The summed E-state index contributed by atoms with van der Waals surface area (Å²) in [6.07, 6.45) is 1.45. The number of hydrogen-bond donors (Lipinski definition) is 2. The molecular formula is C19H19N4O3+. The highest BCUT2D eigenvalue weighted by molar-refractivity contribution is 5.91. The number of nitrogens with zero attached hydrogens (tertiary/aromatic N) is 1. The van der Waals surface area contributed by atoms with Gasteiger partial charge >= 0.3 is 0 Å². The quantitative estimate of drug-likeness (QED) is 0.636. The number of furan rings is 1. The predicted molar refractivity (Wildman–Crippen MR) is 95.9 cm³/mol. The Morgan fingerprint density at radius 1 is 1.31 bits per heavy atom. The number of carbonyl (C=O) groups excluding carboxylic acids is 1. The number of benzene rings is 1. The van der Waals surface area contributed by atoms with Crippen LogP contribution in [0.4, 0.5) is 5.82 Å². The van der Waals surface area contributed by atoms with Crippen LogP contribution in [-0.2, 0) is 0 Å². The molecule has 7 nitrogen and oxygen atoms in total. The first-order valence-electron chi connectivity index (χ1n) is 8.30. The minimum atomic E-state index is -0.275. The van der Waals surface area contributed by atoms with Gasteiger partial charge in [-0.1, -0.05) is 0 Å². The summed E-state index contributed by atoms with van der Waals surface area (Å²) in [7, 11) is 0. The summed E-state index contributed by atoms with van der Waals surface area (Å²) in [6.45, 7) is 3.36. The lowest BCUT2D eigenvalue weighted by molar-refractivity contribution is -0.327. The summed E-state index contributed by atoms with van der Waals surface area (Å²) in [5.74, 6) is 1.36. The third kappa shape index (κ3) is 3.92. The number of H-pyrrole nitrogens is 1. The van der Waals surface area contributed by atoms with Crippen LogP contribution in [0.1, 0.15) is 23.0 Å². The van der Waals surface area contributed by atoms with Gasteiger partial charge in [0.1, 0.15) is 29.4 Å². The maximum absolute atomic E-state index is 11.8. The van der Waals surface area contributed by atoms with Crippen LogP contribution in [0.5, 0.6) is 5.75 Å². The summed E-state index contributed by atoms with van der Waals surface area (Å²) in [6, 6.07) is 12.9. The highest BCUT2D eigenvalue weighted by Gasteiger charge is 2.13. The van der Waals surface area contributed by atoms with Gasteiger partial charge in [0.25, 0.3) is 11.7 Å². The van der Waals surface area contributed by atoms with Crippen molar-refractivity contribution in [3.05, 3.63) is 54.0 Å². The molecule has 3 rings (SSSR count). The molecule has 0 saturated carbocycles. The van der Waals surface area contributed by atoms with Gasteiger partial charge < -0.3 is 14.5 Å². The summed E-state index contributed by atoms with van der Waals surface area (Å²) in [5.41, 5.74) is 1.37. The molecular weight excluding hydrogens is 332 g/mol. The molecule has 0 saturated heterocycles. The normalized spacial score (nSPS) is 10.3. The van der Waals surface area contributed by atoms with E-state index in [0.29, 0.717) is 31.1 Å². The molecule has 0 aliphatic carbocycles. The molecule has 3 aromatic rings. The van der Waals surface area contributed by atoms with Crippen molar-refractivity contribution in [3.8, 4) is 11.8 Å². The maximum Gasteiger partial charge on any atom is 0.290 e. The Morgan fingerprint density at radius 3 is 2.92 bits per heavy atom. The van der Waals surface area contributed by atoms with Gasteiger partial charge in [-0.2, -0.15) is 5.26 Å². The number of nitrogens with one attached hydrogen (secondary N) is 3. The number of pyridine rings is 1. The molecule has 0 unspecified atom stereocenters. The number of ether oxygens (including phenoxy) is 1. The van der Waals surface area contributed by atoms with Crippen LogP contribution in [0.15, 0.2) is 47.1 Å². The summed E-state index contributed by atoms with van der Waals surface area (Å²) >= 11 is 0. The highest BCUT2D eigenvalue weighted by atomic mass is 16.5. The molecule has 0 aliphatic rings. The summed E-state index contributed by atoms with van der Waals surface area (Å²) in [4.78, 5) is 15.0. The van der Waals surface area contributed by atoms with Crippen molar-refractivity contribution in [2.75, 3.05) is 25.0 Å². The van der Waals surface area contributed by atoms with Crippen molar-refractivity contribution in [2.45, 2.75) is 6.92 Å². The molecule has 0 fully saturated rings. The van der Waals surface area contributed by atoms with E-state index in [9.17, 15) is 10.1 Å². The van der Waals surface area contributed by atoms with E-state index in [1.807, 2.05) is 25.1 Å². The van der Waals surface area contributed by atoms with Gasteiger partial charge in [0.05, 0.1) is 19.4 Å². The van der Waals surface area contributed by atoms with Gasteiger partial charge in [-0.25, -0.2) is 4.98 Å². The van der Waals surface area contributed by atoms with Crippen LogP contribution in [0.25, 0.3) is 10.9 Å². The predicted octanol–water partition coefficient (Wildman–Crippen LogP) is 2.36. The topological polar surface area (TPSA) is 101 Å². The van der Waals surface area contributed by atoms with Crippen molar-refractivity contribution >= 4 is 22.6 Å². The van der Waals surface area contributed by atoms with Crippen LogP contribution in [0, 0.1) is 11.3 Å². The fourth-order valence-corrected chi connectivity index (χ4v) is 2.55. The van der Waals surface area contributed by atoms with Gasteiger partial charge in [0.2, 0.25) is 0 Å². The van der Waals surface area contributed by atoms with Gasteiger partial charge in [-0.05, 0) is 43.3 Å². The molecule has 7 heteroatoms. The molecule has 132 valence electrons. The van der Waals surface area contributed by atoms with E-state index < -0.39 is 0 Å². The number of aromatic amines is 1. The number of amides is 1. The Balaban J connectivity index is 1.66. The number of anilines is 1. The molecule has 0 atom stereocenters. The number of rotatable bonds is 7. The molecule has 2 aromatic heterocycles. The van der Waals surface area contributed by atoms with E-state index in [1.165, 1.54) is 6.26 Å². The van der Waals surface area contributed by atoms with Crippen molar-refractivity contribution in [1.82, 2.24) is 5.32 Å². The van der Waals surface area contributed by atoms with E-state index in [2.05, 4.69) is 21.7 Å². The molecule has 0 aliphatic heterocycles. The Hall–Kier alpha value is -3.53. The van der Waals surface area contributed by atoms with E-state index in [0.717, 1.165) is 16.7 Å². The Bertz CT molecular complexity index is 945. The summed E-state index contributed by atoms with van der Waals surface area (Å²) in [5, 5.41) is 16.2. The third-order valence-corrected chi connectivity index (χ3v) is 3.74. The van der Waals surface area contributed by atoms with Crippen LogP contribution < -0.4 is 20.4 Å². The first-order chi connectivity index (χ1) is 12.7. The first kappa shape index (κ1) is 17.3. The number of aromatic nitrogens is 1. The lowest BCUT2D eigenvalue weighted by atomic mass is 10.1. The highest BCUT2D eigenvalue weighted by Crippen LogP contribution is 2.21. The smallest absolute Gasteiger partial charge is 0.290 e. The largest absolute Gasteiger partial charge is 0.494 e. The van der Waals surface area contributed by atoms with E-state index in [4.69, 9.17) is 9.15 Å². The van der Waals surface area contributed by atoms with Crippen LogP contribution >= 0.6 is 0 Å². The molecule has 0 radical (unpaired) electrons. The maximum atomic E-state index is 11.8. The fourth-order valence-electron chi connectivity index (χ4n) is 2.55. The number of fused-ring (bicyclic) bond motifs is 1. The number of nitriles is 1. The van der Waals surface area contributed by atoms with E-state index in [1.54, 1.807) is 18.2 Å². The molecule has 2 heterocycles. The monoisotopic (exact) mass is 351 g/mol. The first-order valence-corrected chi connectivity index (χ1v) is 8.30. The van der Waals surface area contributed by atoms with Gasteiger partial charge in [-0.15, -0.1) is 0 Å². The molecule has 26 heavy (non-hydrogen) atoms. The van der Waals surface area contributed by atoms with Gasteiger partial charge in [0, 0.05) is 5.39 Å². The van der Waals surface area contributed by atoms with Gasteiger partial charge in [0.15, 0.2) is 5.76 Å². The zero-order valence-electron chi connectivity index (χ0n) is 14.3. The fraction of sp³-hybridized carbons (Fsp3) is 0.211. The third-order valence-electron chi connectivity index (χ3n) is 3.74. The standard InChI is InChI=1S/C19H18N4O3/c1-2-25-15-5-6-16-13(11-15)10-14(12-20)18(23-16)21-7-8-22-19(24)17-4-3-9-26-17/h3-6,9-11H,2,7-8H2,1H3,(H,21,23)(H,22,24)/p+1. The van der Waals surface area contributed by atoms with E-state index in [-0.39, 0.29) is 11.7 Å². The zero-order valence-corrected chi connectivity index (χ0v) is 14.3. The number of carbonyl (C=O) groups is 1. The van der Waals surface area contributed by atoms with Crippen molar-refractivity contribution < 1.29 is 18.9 Å². The lowest BCUT2D eigenvalue weighted by Gasteiger charge is -2.06. The van der Waals surface area contributed by atoms with Crippen LogP contribution in [0.2, 0.25) is 0 Å².